The average molecular weight is 302 g/mol. The van der Waals surface area contributed by atoms with Crippen molar-refractivity contribution in [2.24, 2.45) is 0 Å². The molecule has 4 nitrogen and oxygen atoms in total. The monoisotopic (exact) mass is 301 g/mol. The number of rotatable bonds is 3. The minimum absolute atomic E-state index is 0.420. The summed E-state index contributed by atoms with van der Waals surface area (Å²) < 4.78 is 5.28. The molecule has 1 aliphatic rings. The second-order valence-corrected chi connectivity index (χ2v) is 5.26. The number of methoxy groups -OCH3 is 1. The van der Waals surface area contributed by atoms with Crippen molar-refractivity contribution >= 4 is 23.0 Å². The molecule has 0 fully saturated rings. The zero-order valence-corrected chi connectivity index (χ0v) is 12.5. The molecule has 0 radical (unpaired) electrons. The van der Waals surface area contributed by atoms with E-state index in [9.17, 15) is 0 Å². The van der Waals surface area contributed by atoms with Gasteiger partial charge >= 0.3 is 0 Å². The van der Waals surface area contributed by atoms with Crippen molar-refractivity contribution < 1.29 is 4.74 Å². The Morgan fingerprint density at radius 3 is 2.76 bits per heavy atom. The smallest absolute Gasteiger partial charge is 0.151 e. The van der Waals surface area contributed by atoms with Crippen molar-refractivity contribution in [1.29, 1.82) is 0 Å². The quantitative estimate of drug-likeness (QED) is 0.870. The summed E-state index contributed by atoms with van der Waals surface area (Å²) >= 11 is 5.77. The van der Waals surface area contributed by atoms with Gasteiger partial charge < -0.3 is 9.64 Å². The van der Waals surface area contributed by atoms with Gasteiger partial charge in [-0.3, -0.25) is 0 Å². The number of aromatic nitrogens is 2. The Morgan fingerprint density at radius 1 is 1.19 bits per heavy atom. The Balaban J connectivity index is 1.75. The number of benzene rings is 1. The largest absolute Gasteiger partial charge is 0.497 e. The molecule has 1 aromatic carbocycles. The number of ether oxygens (including phenoxy) is 1. The molecule has 0 bridgehead atoms. The summed E-state index contributed by atoms with van der Waals surface area (Å²) in [5.74, 6) is 1.75. The van der Waals surface area contributed by atoms with Crippen LogP contribution in [0, 0.1) is 0 Å². The molecule has 0 atom stereocenters. The van der Waals surface area contributed by atoms with Crippen molar-refractivity contribution in [2.75, 3.05) is 25.1 Å². The lowest BCUT2D eigenvalue weighted by atomic mass is 9.99. The van der Waals surface area contributed by atoms with E-state index in [2.05, 4.69) is 33.3 Å². The van der Waals surface area contributed by atoms with E-state index in [0.29, 0.717) is 5.15 Å². The molecule has 0 N–H and O–H groups in total. The number of nitrogens with zero attached hydrogens (tertiary/aromatic N) is 3. The highest BCUT2D eigenvalue weighted by Gasteiger charge is 2.15. The van der Waals surface area contributed by atoms with Crippen molar-refractivity contribution in [2.45, 2.75) is 6.42 Å². The molecular weight excluding hydrogens is 286 g/mol. The minimum Gasteiger partial charge on any atom is -0.497 e. The zero-order chi connectivity index (χ0) is 14.7. The summed E-state index contributed by atoms with van der Waals surface area (Å²) in [5, 5.41) is 8.43. The van der Waals surface area contributed by atoms with Crippen LogP contribution in [0.15, 0.2) is 42.5 Å². The molecule has 0 saturated heterocycles. The van der Waals surface area contributed by atoms with Crippen LogP contribution in [0.1, 0.15) is 12.0 Å². The summed E-state index contributed by atoms with van der Waals surface area (Å²) in [6.07, 6.45) is 3.20. The zero-order valence-electron chi connectivity index (χ0n) is 11.8. The van der Waals surface area contributed by atoms with Gasteiger partial charge in [0.25, 0.3) is 0 Å². The summed E-state index contributed by atoms with van der Waals surface area (Å²) in [5.41, 5.74) is 2.56. The maximum atomic E-state index is 5.77. The van der Waals surface area contributed by atoms with Crippen molar-refractivity contribution in [3.63, 3.8) is 0 Å². The second kappa shape index (κ2) is 6.14. The van der Waals surface area contributed by atoms with Gasteiger partial charge in [-0.15, -0.1) is 10.2 Å². The summed E-state index contributed by atoms with van der Waals surface area (Å²) in [6, 6.07) is 11.8. The van der Waals surface area contributed by atoms with Crippen molar-refractivity contribution in [3.8, 4) is 5.75 Å². The molecule has 3 rings (SSSR count). The Morgan fingerprint density at radius 2 is 2.10 bits per heavy atom. The highest BCUT2D eigenvalue weighted by atomic mass is 35.5. The molecule has 21 heavy (non-hydrogen) atoms. The van der Waals surface area contributed by atoms with E-state index in [1.165, 1.54) is 11.1 Å². The Labute approximate surface area is 129 Å². The van der Waals surface area contributed by atoms with Crippen LogP contribution in [-0.4, -0.2) is 30.4 Å². The van der Waals surface area contributed by atoms with Crippen LogP contribution in [-0.2, 0) is 0 Å². The molecule has 2 aromatic rings. The van der Waals surface area contributed by atoms with Crippen molar-refractivity contribution in [3.05, 3.63) is 53.2 Å². The lowest BCUT2D eigenvalue weighted by Crippen LogP contribution is -2.29. The van der Waals surface area contributed by atoms with Crippen LogP contribution in [0.2, 0.25) is 5.15 Å². The van der Waals surface area contributed by atoms with Gasteiger partial charge in [0.05, 0.1) is 7.11 Å². The summed E-state index contributed by atoms with van der Waals surface area (Å²) in [7, 11) is 1.69. The van der Waals surface area contributed by atoms with E-state index in [0.717, 1.165) is 31.1 Å². The second-order valence-electron chi connectivity index (χ2n) is 4.87. The Bertz CT molecular complexity index is 655. The molecule has 0 spiro atoms. The van der Waals surface area contributed by atoms with Crippen LogP contribution >= 0.6 is 11.6 Å². The van der Waals surface area contributed by atoms with E-state index in [1.807, 2.05) is 18.2 Å². The van der Waals surface area contributed by atoms with E-state index in [4.69, 9.17) is 16.3 Å². The fourth-order valence-corrected chi connectivity index (χ4v) is 2.54. The van der Waals surface area contributed by atoms with E-state index in [1.54, 1.807) is 13.2 Å². The van der Waals surface area contributed by atoms with Crippen LogP contribution in [0.4, 0.5) is 5.82 Å². The number of hydrogen-bond acceptors (Lipinski definition) is 4. The van der Waals surface area contributed by atoms with Crippen LogP contribution in [0.3, 0.4) is 0 Å². The van der Waals surface area contributed by atoms with Crippen LogP contribution < -0.4 is 9.64 Å². The average Bonchev–Trinajstić information content (AvgIpc) is 2.56. The lowest BCUT2D eigenvalue weighted by molar-refractivity contribution is 0.414. The number of hydrogen-bond donors (Lipinski definition) is 0. The van der Waals surface area contributed by atoms with Gasteiger partial charge in [0.15, 0.2) is 11.0 Å². The Hall–Kier alpha value is -2.07. The van der Waals surface area contributed by atoms with Crippen molar-refractivity contribution in [1.82, 2.24) is 10.2 Å². The van der Waals surface area contributed by atoms with Gasteiger partial charge in [-0.1, -0.05) is 29.8 Å². The molecule has 0 aliphatic carbocycles. The van der Waals surface area contributed by atoms with Gasteiger partial charge in [-0.2, -0.15) is 0 Å². The molecule has 1 aromatic heterocycles. The maximum absolute atomic E-state index is 5.77. The topological polar surface area (TPSA) is 38.2 Å². The maximum Gasteiger partial charge on any atom is 0.151 e. The summed E-state index contributed by atoms with van der Waals surface area (Å²) in [6.45, 7) is 1.74. The normalized spacial score (nSPS) is 14.8. The third kappa shape index (κ3) is 3.16. The predicted molar refractivity (Wildman–Crippen MR) is 84.8 cm³/mol. The van der Waals surface area contributed by atoms with E-state index < -0.39 is 0 Å². The molecule has 0 saturated carbocycles. The first-order valence-corrected chi connectivity index (χ1v) is 7.22. The van der Waals surface area contributed by atoms with Gasteiger partial charge in [0.1, 0.15) is 5.75 Å². The first kappa shape index (κ1) is 13.9. The molecule has 108 valence electrons. The number of anilines is 1. The molecule has 0 unspecified atom stereocenters. The first-order chi connectivity index (χ1) is 10.3. The molecule has 2 heterocycles. The SMILES string of the molecule is COc1cccc(C2=CCN(c3ccc(Cl)nn3)CC2)c1. The third-order valence-electron chi connectivity index (χ3n) is 3.59. The van der Waals surface area contributed by atoms with Gasteiger partial charge in [-0.25, -0.2) is 0 Å². The van der Waals surface area contributed by atoms with Crippen LogP contribution in [0.25, 0.3) is 5.57 Å². The summed E-state index contributed by atoms with van der Waals surface area (Å²) in [4.78, 5) is 2.19. The van der Waals surface area contributed by atoms with Crippen LogP contribution in [0.5, 0.6) is 5.75 Å². The molecule has 0 amide bonds. The highest BCUT2D eigenvalue weighted by molar-refractivity contribution is 6.29. The molecular formula is C16H16ClN3O. The highest BCUT2D eigenvalue weighted by Crippen LogP contribution is 2.27. The third-order valence-corrected chi connectivity index (χ3v) is 3.79. The van der Waals surface area contributed by atoms with Gasteiger partial charge in [0, 0.05) is 13.1 Å². The predicted octanol–water partition coefficient (Wildman–Crippen LogP) is 3.43. The minimum atomic E-state index is 0.420. The lowest BCUT2D eigenvalue weighted by Gasteiger charge is -2.27. The molecule has 5 heteroatoms. The fourth-order valence-electron chi connectivity index (χ4n) is 2.44. The number of halogens is 1. The Kier molecular flexibility index (Phi) is 4.06. The fraction of sp³-hybridized carbons (Fsp3) is 0.250. The molecule has 1 aliphatic heterocycles. The van der Waals surface area contributed by atoms with Gasteiger partial charge in [0.2, 0.25) is 0 Å². The standard InChI is InChI=1S/C16H16ClN3O/c1-21-14-4-2-3-13(11-14)12-7-9-20(10-8-12)16-6-5-15(17)18-19-16/h2-7,11H,8-10H2,1H3. The first-order valence-electron chi connectivity index (χ1n) is 6.84. The van der Waals surface area contributed by atoms with Gasteiger partial charge in [-0.05, 0) is 41.8 Å². The van der Waals surface area contributed by atoms with E-state index in [-0.39, 0.29) is 0 Å². The van der Waals surface area contributed by atoms with E-state index >= 15 is 0 Å².